The van der Waals surface area contributed by atoms with Crippen LogP contribution >= 0.6 is 0 Å². The van der Waals surface area contributed by atoms with E-state index < -0.39 is 33.9 Å². The number of fused-ring (bicyclic) bond motifs is 1. The Balaban J connectivity index is 1.73. The van der Waals surface area contributed by atoms with Gasteiger partial charge in [-0.25, -0.2) is 18.4 Å². The summed E-state index contributed by atoms with van der Waals surface area (Å²) < 4.78 is 73.8. The van der Waals surface area contributed by atoms with Gasteiger partial charge in [0.25, 0.3) is 11.8 Å². The number of alkyl halides is 3. The summed E-state index contributed by atoms with van der Waals surface area (Å²) in [6.45, 7) is 0.329. The van der Waals surface area contributed by atoms with Crippen molar-refractivity contribution >= 4 is 21.4 Å². The van der Waals surface area contributed by atoms with Crippen LogP contribution in [0.4, 0.5) is 13.2 Å². The van der Waals surface area contributed by atoms with E-state index in [4.69, 9.17) is 15.2 Å². The number of pyridine rings is 2. The van der Waals surface area contributed by atoms with E-state index in [9.17, 15) is 26.4 Å². The summed E-state index contributed by atoms with van der Waals surface area (Å²) in [6.07, 6.45) is -1.16. The van der Waals surface area contributed by atoms with Crippen LogP contribution in [0.15, 0.2) is 36.7 Å². The zero-order chi connectivity index (χ0) is 24.7. The molecule has 1 amide bonds. The molecule has 182 valence electrons. The van der Waals surface area contributed by atoms with Crippen molar-refractivity contribution in [3.05, 3.63) is 48.0 Å². The number of carbonyl (C=O) groups excluding carboxylic acids is 1. The molecule has 2 N–H and O–H groups in total. The quantitative estimate of drug-likeness (QED) is 0.554. The summed E-state index contributed by atoms with van der Waals surface area (Å²) in [7, 11) is -3.17. The van der Waals surface area contributed by atoms with Gasteiger partial charge in [0.2, 0.25) is 0 Å². The molecule has 4 heterocycles. The Hall–Kier alpha value is -3.35. The van der Waals surface area contributed by atoms with Crippen LogP contribution in [0.25, 0.3) is 5.65 Å². The number of hydrogen-bond donors (Lipinski definition) is 1. The SMILES string of the molecule is CC1(c2c(C(N)=O)nc3ccc(Oc4ncccc4OCC(F)(F)F)cn23)CCS(=O)(=O)CC1. The number of carbonyl (C=O) groups is 1. The molecule has 0 radical (unpaired) electrons. The lowest BCUT2D eigenvalue weighted by Gasteiger charge is -2.33. The standard InChI is InChI=1S/C21H21F3N4O5S/c1-20(6-9-34(30,31)10-7-20)17-16(18(25)29)27-15-5-4-13(11-28(15)17)33-19-14(3-2-8-26-19)32-12-21(22,23)24/h2-5,8,11H,6-7,9-10,12H2,1H3,(H2,25,29). The molecule has 0 unspecified atom stereocenters. The molecule has 34 heavy (non-hydrogen) atoms. The maximum absolute atomic E-state index is 12.6. The fourth-order valence-electron chi connectivity index (χ4n) is 3.89. The normalized spacial score (nSPS) is 17.4. The van der Waals surface area contributed by atoms with Crippen molar-refractivity contribution in [2.24, 2.45) is 5.73 Å². The molecule has 3 aromatic heterocycles. The van der Waals surface area contributed by atoms with Crippen molar-refractivity contribution in [1.82, 2.24) is 14.4 Å². The average Bonchev–Trinajstić information content (AvgIpc) is 3.15. The van der Waals surface area contributed by atoms with Gasteiger partial charge in [0.15, 0.2) is 18.1 Å². The first-order valence-electron chi connectivity index (χ1n) is 10.2. The Morgan fingerprint density at radius 1 is 1.24 bits per heavy atom. The molecule has 0 saturated carbocycles. The Kier molecular flexibility index (Phi) is 5.92. The smallest absolute Gasteiger partial charge is 0.422 e. The van der Waals surface area contributed by atoms with Gasteiger partial charge in [-0.1, -0.05) is 6.92 Å². The van der Waals surface area contributed by atoms with E-state index in [1.54, 1.807) is 10.5 Å². The van der Waals surface area contributed by atoms with Crippen molar-refractivity contribution in [1.29, 1.82) is 0 Å². The van der Waals surface area contributed by atoms with E-state index >= 15 is 0 Å². The summed E-state index contributed by atoms with van der Waals surface area (Å²) in [5, 5.41) is 0. The molecule has 9 nitrogen and oxygen atoms in total. The first-order chi connectivity index (χ1) is 15.9. The van der Waals surface area contributed by atoms with Gasteiger partial charge in [0.05, 0.1) is 23.4 Å². The highest BCUT2D eigenvalue weighted by Crippen LogP contribution is 2.39. The molecule has 1 aliphatic rings. The number of primary amides is 1. The molecule has 13 heteroatoms. The minimum absolute atomic E-state index is 0.0194. The van der Waals surface area contributed by atoms with E-state index in [1.807, 2.05) is 6.92 Å². The van der Waals surface area contributed by atoms with E-state index in [0.29, 0.717) is 11.3 Å². The average molecular weight is 498 g/mol. The van der Waals surface area contributed by atoms with Crippen LogP contribution in [0.3, 0.4) is 0 Å². The van der Waals surface area contributed by atoms with Crippen LogP contribution in [0.1, 0.15) is 35.9 Å². The van der Waals surface area contributed by atoms with Crippen LogP contribution in [0, 0.1) is 0 Å². The monoisotopic (exact) mass is 498 g/mol. The van der Waals surface area contributed by atoms with Crippen LogP contribution in [0.2, 0.25) is 0 Å². The minimum atomic E-state index is -4.54. The number of ether oxygens (including phenoxy) is 2. The molecular formula is C21H21F3N4O5S. The van der Waals surface area contributed by atoms with E-state index in [1.165, 1.54) is 30.6 Å². The Morgan fingerprint density at radius 3 is 2.59 bits per heavy atom. The van der Waals surface area contributed by atoms with Gasteiger partial charge in [-0.15, -0.1) is 0 Å². The van der Waals surface area contributed by atoms with Gasteiger partial charge in [-0.2, -0.15) is 13.2 Å². The highest BCUT2D eigenvalue weighted by Gasteiger charge is 2.40. The molecule has 3 aromatic rings. The van der Waals surface area contributed by atoms with Gasteiger partial charge in [0, 0.05) is 11.6 Å². The van der Waals surface area contributed by atoms with Crippen LogP contribution in [-0.4, -0.2) is 53.0 Å². The predicted molar refractivity (Wildman–Crippen MR) is 115 cm³/mol. The Morgan fingerprint density at radius 2 is 1.94 bits per heavy atom. The molecule has 4 rings (SSSR count). The van der Waals surface area contributed by atoms with Crippen molar-refractivity contribution in [2.75, 3.05) is 18.1 Å². The molecule has 0 atom stereocenters. The number of aromatic nitrogens is 3. The first-order valence-corrected chi connectivity index (χ1v) is 12.0. The highest BCUT2D eigenvalue weighted by atomic mass is 32.2. The van der Waals surface area contributed by atoms with Crippen LogP contribution < -0.4 is 15.2 Å². The lowest BCUT2D eigenvalue weighted by Crippen LogP contribution is -2.37. The largest absolute Gasteiger partial charge is 0.478 e. The molecule has 0 aliphatic carbocycles. The van der Waals surface area contributed by atoms with Gasteiger partial charge in [-0.05, 0) is 37.1 Å². The van der Waals surface area contributed by atoms with Crippen LogP contribution in [0.5, 0.6) is 17.4 Å². The van der Waals surface area contributed by atoms with Gasteiger partial charge < -0.3 is 15.2 Å². The summed E-state index contributed by atoms with van der Waals surface area (Å²) in [4.78, 5) is 20.4. The van der Waals surface area contributed by atoms with Gasteiger partial charge >= 0.3 is 6.18 Å². The van der Waals surface area contributed by atoms with Gasteiger partial charge in [-0.3, -0.25) is 9.20 Å². The third kappa shape index (κ3) is 4.93. The summed E-state index contributed by atoms with van der Waals surface area (Å²) in [5.74, 6) is -1.04. The number of sulfone groups is 1. The third-order valence-electron chi connectivity index (χ3n) is 5.67. The zero-order valence-electron chi connectivity index (χ0n) is 18.0. The Bertz CT molecular complexity index is 1340. The first kappa shape index (κ1) is 23.8. The van der Waals surface area contributed by atoms with Crippen LogP contribution in [-0.2, 0) is 15.3 Å². The molecule has 1 aliphatic heterocycles. The number of nitrogens with two attached hydrogens (primary N) is 1. The van der Waals surface area contributed by atoms with Crippen molar-refractivity contribution in [2.45, 2.75) is 31.4 Å². The topological polar surface area (TPSA) is 126 Å². The molecular weight excluding hydrogens is 477 g/mol. The second-order valence-electron chi connectivity index (χ2n) is 8.29. The number of imidazole rings is 1. The maximum Gasteiger partial charge on any atom is 0.422 e. The second-order valence-corrected chi connectivity index (χ2v) is 10.6. The molecule has 0 aromatic carbocycles. The van der Waals surface area contributed by atoms with Crippen molar-refractivity contribution in [3.63, 3.8) is 0 Å². The maximum atomic E-state index is 12.6. The van der Waals surface area contributed by atoms with Crippen molar-refractivity contribution in [3.8, 4) is 17.4 Å². The summed E-state index contributed by atoms with van der Waals surface area (Å²) in [6, 6.07) is 5.76. The highest BCUT2D eigenvalue weighted by molar-refractivity contribution is 7.91. The fraction of sp³-hybridized carbons (Fsp3) is 0.381. The molecule has 1 fully saturated rings. The van der Waals surface area contributed by atoms with Gasteiger partial charge in [0.1, 0.15) is 21.2 Å². The van der Waals surface area contributed by atoms with E-state index in [0.717, 1.165) is 0 Å². The zero-order valence-corrected chi connectivity index (χ0v) is 18.8. The predicted octanol–water partition coefficient (Wildman–Crippen LogP) is 3.03. The minimum Gasteiger partial charge on any atom is -0.478 e. The molecule has 1 saturated heterocycles. The lowest BCUT2D eigenvalue weighted by atomic mass is 9.79. The molecule has 0 bridgehead atoms. The van der Waals surface area contributed by atoms with Crippen molar-refractivity contribution < 1.29 is 35.9 Å². The number of rotatable bonds is 6. The van der Waals surface area contributed by atoms with E-state index in [-0.39, 0.29) is 47.4 Å². The third-order valence-corrected chi connectivity index (χ3v) is 7.32. The number of hydrogen-bond acceptors (Lipinski definition) is 7. The Labute approximate surface area is 192 Å². The second kappa shape index (κ2) is 8.46. The number of amides is 1. The van der Waals surface area contributed by atoms with E-state index in [2.05, 4.69) is 9.97 Å². The number of halogens is 3. The summed E-state index contributed by atoms with van der Waals surface area (Å²) in [5.41, 5.74) is 5.70. The number of nitrogens with zero attached hydrogens (tertiary/aromatic N) is 3. The molecule has 0 spiro atoms. The fourth-order valence-corrected chi connectivity index (χ4v) is 5.62. The lowest BCUT2D eigenvalue weighted by molar-refractivity contribution is -0.153. The summed E-state index contributed by atoms with van der Waals surface area (Å²) >= 11 is 0.